The molecule has 0 bridgehead atoms. The van der Waals surface area contributed by atoms with Crippen molar-refractivity contribution in [2.75, 3.05) is 55.3 Å². The molecule has 1 aliphatic carbocycles. The number of nitrogens with two attached hydrogens (primary N) is 2. The largest absolute Gasteiger partial charge is 0.378 e. The van der Waals surface area contributed by atoms with Crippen molar-refractivity contribution < 1.29 is 4.74 Å². The average Bonchev–Trinajstić information content (AvgIpc) is 3.54. The molecule has 0 atom stereocenters. The lowest BCUT2D eigenvalue weighted by Gasteiger charge is -2.28. The second-order valence-electron chi connectivity index (χ2n) is 7.68. The minimum Gasteiger partial charge on any atom is -0.378 e. The van der Waals surface area contributed by atoms with E-state index in [0.717, 1.165) is 48.1 Å². The SMILES string of the molecule is NCCNc1nc2c(N3CCOCC3)nc(-c3cnc(N)nc3)nc2n1CC1CC1. The molecule has 5 N–H and O–H groups in total. The molecule has 158 valence electrons. The van der Waals surface area contributed by atoms with E-state index in [4.69, 9.17) is 31.2 Å². The average molecular weight is 410 g/mol. The number of fused-ring (bicyclic) bond motifs is 1. The zero-order valence-corrected chi connectivity index (χ0v) is 16.8. The van der Waals surface area contributed by atoms with Crippen molar-refractivity contribution in [1.82, 2.24) is 29.5 Å². The van der Waals surface area contributed by atoms with Gasteiger partial charge in [0.2, 0.25) is 11.9 Å². The number of nitrogens with one attached hydrogen (secondary N) is 1. The van der Waals surface area contributed by atoms with E-state index >= 15 is 0 Å². The Morgan fingerprint density at radius 2 is 1.87 bits per heavy atom. The van der Waals surface area contributed by atoms with Crippen LogP contribution in [0.2, 0.25) is 0 Å². The van der Waals surface area contributed by atoms with Crippen molar-refractivity contribution in [2.45, 2.75) is 19.4 Å². The van der Waals surface area contributed by atoms with Crippen molar-refractivity contribution in [3.05, 3.63) is 12.4 Å². The summed E-state index contributed by atoms with van der Waals surface area (Å²) in [6, 6.07) is 0. The monoisotopic (exact) mass is 410 g/mol. The summed E-state index contributed by atoms with van der Waals surface area (Å²) in [7, 11) is 0. The molecule has 5 rings (SSSR count). The molecule has 0 radical (unpaired) electrons. The Kier molecular flexibility index (Phi) is 5.05. The Balaban J connectivity index is 1.67. The topological polar surface area (TPSA) is 146 Å². The van der Waals surface area contributed by atoms with Gasteiger partial charge in [0.05, 0.1) is 18.8 Å². The molecule has 0 spiro atoms. The maximum Gasteiger partial charge on any atom is 0.219 e. The third-order valence-electron chi connectivity index (χ3n) is 5.38. The van der Waals surface area contributed by atoms with Crippen molar-refractivity contribution >= 4 is 28.9 Å². The first kappa shape index (κ1) is 18.9. The van der Waals surface area contributed by atoms with Gasteiger partial charge in [-0.3, -0.25) is 4.57 Å². The van der Waals surface area contributed by atoms with Crippen molar-refractivity contribution in [3.63, 3.8) is 0 Å². The van der Waals surface area contributed by atoms with Gasteiger partial charge >= 0.3 is 0 Å². The summed E-state index contributed by atoms with van der Waals surface area (Å²) in [5.41, 5.74) is 13.7. The predicted octanol–water partition coefficient (Wildman–Crippen LogP) is 0.483. The fraction of sp³-hybridized carbons (Fsp3) is 0.526. The molecule has 11 heteroatoms. The molecule has 3 aromatic rings. The van der Waals surface area contributed by atoms with Gasteiger partial charge in [0, 0.05) is 45.1 Å². The summed E-state index contributed by atoms with van der Waals surface area (Å²) >= 11 is 0. The summed E-state index contributed by atoms with van der Waals surface area (Å²) < 4.78 is 7.70. The number of imidazole rings is 1. The van der Waals surface area contributed by atoms with Crippen LogP contribution >= 0.6 is 0 Å². The lowest BCUT2D eigenvalue weighted by molar-refractivity contribution is 0.122. The molecule has 2 fully saturated rings. The van der Waals surface area contributed by atoms with Crippen LogP contribution in [-0.2, 0) is 11.3 Å². The van der Waals surface area contributed by atoms with Crippen molar-refractivity contribution in [3.8, 4) is 11.4 Å². The number of hydrogen-bond donors (Lipinski definition) is 3. The van der Waals surface area contributed by atoms with Crippen LogP contribution in [0.1, 0.15) is 12.8 Å². The van der Waals surface area contributed by atoms with Crippen LogP contribution in [0.3, 0.4) is 0 Å². The highest BCUT2D eigenvalue weighted by Crippen LogP contribution is 2.35. The van der Waals surface area contributed by atoms with Gasteiger partial charge in [-0.1, -0.05) is 0 Å². The number of ether oxygens (including phenoxy) is 1. The van der Waals surface area contributed by atoms with Gasteiger partial charge in [-0.15, -0.1) is 0 Å². The maximum atomic E-state index is 5.72. The zero-order chi connectivity index (χ0) is 20.5. The molecule has 0 unspecified atom stereocenters. The van der Waals surface area contributed by atoms with E-state index in [0.29, 0.717) is 38.0 Å². The van der Waals surface area contributed by atoms with Crippen LogP contribution in [-0.4, -0.2) is 68.9 Å². The molecule has 0 amide bonds. The van der Waals surface area contributed by atoms with Gasteiger partial charge < -0.3 is 26.4 Å². The molecular weight excluding hydrogens is 384 g/mol. The molecule has 1 saturated heterocycles. The van der Waals surface area contributed by atoms with Crippen molar-refractivity contribution in [1.29, 1.82) is 0 Å². The predicted molar refractivity (Wildman–Crippen MR) is 114 cm³/mol. The highest BCUT2D eigenvalue weighted by Gasteiger charge is 2.28. The Morgan fingerprint density at radius 1 is 1.10 bits per heavy atom. The van der Waals surface area contributed by atoms with Crippen LogP contribution in [0.25, 0.3) is 22.6 Å². The van der Waals surface area contributed by atoms with Crippen LogP contribution < -0.4 is 21.7 Å². The third-order valence-corrected chi connectivity index (χ3v) is 5.38. The lowest BCUT2D eigenvalue weighted by atomic mass is 10.3. The second-order valence-corrected chi connectivity index (χ2v) is 7.68. The number of aromatic nitrogens is 6. The lowest BCUT2D eigenvalue weighted by Crippen LogP contribution is -2.37. The number of hydrogen-bond acceptors (Lipinski definition) is 10. The quantitative estimate of drug-likeness (QED) is 0.502. The smallest absolute Gasteiger partial charge is 0.219 e. The highest BCUT2D eigenvalue weighted by molar-refractivity contribution is 5.88. The van der Waals surface area contributed by atoms with Crippen LogP contribution in [0.5, 0.6) is 0 Å². The Hall–Kier alpha value is -3.05. The number of anilines is 3. The summed E-state index contributed by atoms with van der Waals surface area (Å²) in [5, 5.41) is 3.36. The first-order chi connectivity index (χ1) is 14.7. The van der Waals surface area contributed by atoms with Gasteiger partial charge in [0.1, 0.15) is 0 Å². The fourth-order valence-corrected chi connectivity index (χ4v) is 3.62. The number of morpholine rings is 1. The molecule has 2 aliphatic rings. The summed E-state index contributed by atoms with van der Waals surface area (Å²) in [6.07, 6.45) is 5.77. The minimum absolute atomic E-state index is 0.222. The van der Waals surface area contributed by atoms with Crippen molar-refractivity contribution in [2.24, 2.45) is 11.7 Å². The van der Waals surface area contributed by atoms with E-state index in [9.17, 15) is 0 Å². The molecule has 4 heterocycles. The Labute approximate surface area is 173 Å². The zero-order valence-electron chi connectivity index (χ0n) is 16.8. The molecule has 30 heavy (non-hydrogen) atoms. The molecule has 11 nitrogen and oxygen atoms in total. The van der Waals surface area contributed by atoms with Gasteiger partial charge in [0.25, 0.3) is 0 Å². The number of rotatable bonds is 7. The highest BCUT2D eigenvalue weighted by atomic mass is 16.5. The fourth-order valence-electron chi connectivity index (χ4n) is 3.62. The summed E-state index contributed by atoms with van der Waals surface area (Å²) in [6.45, 7) is 4.88. The van der Waals surface area contributed by atoms with Gasteiger partial charge in [-0.2, -0.15) is 0 Å². The van der Waals surface area contributed by atoms with E-state index in [2.05, 4.69) is 24.8 Å². The van der Waals surface area contributed by atoms with E-state index in [-0.39, 0.29) is 5.95 Å². The van der Waals surface area contributed by atoms with Gasteiger partial charge in [-0.25, -0.2) is 24.9 Å². The van der Waals surface area contributed by atoms with Crippen LogP contribution in [0.15, 0.2) is 12.4 Å². The van der Waals surface area contributed by atoms with E-state index in [1.807, 2.05) is 0 Å². The second kappa shape index (κ2) is 8.00. The molecular formula is C19H26N10O. The van der Waals surface area contributed by atoms with Crippen LogP contribution in [0.4, 0.5) is 17.7 Å². The third kappa shape index (κ3) is 3.73. The van der Waals surface area contributed by atoms with Crippen LogP contribution in [0, 0.1) is 5.92 Å². The normalized spacial score (nSPS) is 16.9. The molecule has 3 aromatic heterocycles. The first-order valence-corrected chi connectivity index (χ1v) is 10.4. The first-order valence-electron chi connectivity index (χ1n) is 10.4. The van der Waals surface area contributed by atoms with E-state index in [1.54, 1.807) is 12.4 Å². The summed E-state index contributed by atoms with van der Waals surface area (Å²) in [4.78, 5) is 25.1. The van der Waals surface area contributed by atoms with Gasteiger partial charge in [-0.05, 0) is 18.8 Å². The maximum absolute atomic E-state index is 5.72. The van der Waals surface area contributed by atoms with E-state index < -0.39 is 0 Å². The number of nitrogens with zero attached hydrogens (tertiary/aromatic N) is 7. The van der Waals surface area contributed by atoms with Gasteiger partial charge in [0.15, 0.2) is 22.8 Å². The minimum atomic E-state index is 0.222. The summed E-state index contributed by atoms with van der Waals surface area (Å²) in [5.74, 6) is 3.04. The van der Waals surface area contributed by atoms with E-state index in [1.165, 1.54) is 12.8 Å². The molecule has 1 saturated carbocycles. The Morgan fingerprint density at radius 3 is 2.57 bits per heavy atom. The standard InChI is InChI=1S/C19H26N10O/c20-3-4-22-19-25-14-16(28-5-7-30-8-6-28)26-15(13-9-23-18(21)24-10-13)27-17(14)29(19)11-12-1-2-12/h9-10,12H,1-8,11,20H2,(H,22,25)(H2,21,23,24). The molecule has 1 aliphatic heterocycles. The molecule has 0 aromatic carbocycles. The number of nitrogen functional groups attached to an aromatic ring is 1. The Bertz CT molecular complexity index is 1020.